The fourth-order valence-electron chi connectivity index (χ4n) is 3.30. The van der Waals surface area contributed by atoms with Gasteiger partial charge in [0.1, 0.15) is 0 Å². The number of hydrogen-bond acceptors (Lipinski definition) is 3. The van der Waals surface area contributed by atoms with E-state index in [1.54, 1.807) is 6.07 Å². The minimum atomic E-state index is -0.368. The lowest BCUT2D eigenvalue weighted by atomic mass is 9.76. The lowest BCUT2D eigenvalue weighted by Gasteiger charge is -2.34. The lowest BCUT2D eigenvalue weighted by molar-refractivity contribution is -0.125. The number of esters is 1. The van der Waals surface area contributed by atoms with Gasteiger partial charge in [0.25, 0.3) is 0 Å². The minimum absolute atomic E-state index is 0.111. The van der Waals surface area contributed by atoms with Crippen molar-refractivity contribution in [2.75, 3.05) is 12.4 Å². The highest BCUT2D eigenvalue weighted by Crippen LogP contribution is 2.46. The smallest absolute Gasteiger partial charge is 0.339 e. The number of hydrogen-bond donors (Lipinski definition) is 1. The van der Waals surface area contributed by atoms with Gasteiger partial charge in [-0.1, -0.05) is 12.8 Å². The molecule has 1 aromatic rings. The Labute approximate surface area is 131 Å². The number of methoxy groups -OCH3 is 1. The molecule has 1 aliphatic heterocycles. The van der Waals surface area contributed by atoms with Crippen molar-refractivity contribution < 1.29 is 14.3 Å². The molecular formula is C15H16INO3. The summed E-state index contributed by atoms with van der Waals surface area (Å²) in [5, 5.41) is 2.99. The maximum absolute atomic E-state index is 12.4. The molecule has 0 saturated heterocycles. The lowest BCUT2D eigenvalue weighted by Crippen LogP contribution is -2.39. The first-order valence-corrected chi connectivity index (χ1v) is 7.86. The summed E-state index contributed by atoms with van der Waals surface area (Å²) >= 11 is 2.15. The molecule has 1 saturated carbocycles. The molecule has 1 amide bonds. The van der Waals surface area contributed by atoms with Crippen LogP contribution in [0.25, 0.3) is 0 Å². The van der Waals surface area contributed by atoms with E-state index in [0.29, 0.717) is 5.56 Å². The molecule has 0 radical (unpaired) electrons. The third-order valence-corrected chi connectivity index (χ3v) is 5.31. The summed E-state index contributed by atoms with van der Waals surface area (Å²) in [4.78, 5) is 24.1. The van der Waals surface area contributed by atoms with Gasteiger partial charge in [-0.2, -0.15) is 0 Å². The molecule has 4 nitrogen and oxygen atoms in total. The molecule has 1 spiro atoms. The van der Waals surface area contributed by atoms with E-state index in [0.717, 1.165) is 46.9 Å². The van der Waals surface area contributed by atoms with Gasteiger partial charge in [-0.05, 0) is 59.5 Å². The van der Waals surface area contributed by atoms with Crippen molar-refractivity contribution in [2.24, 2.45) is 5.41 Å². The topological polar surface area (TPSA) is 55.4 Å². The molecule has 1 N–H and O–H groups in total. The highest BCUT2D eigenvalue weighted by atomic mass is 127. The van der Waals surface area contributed by atoms with Crippen LogP contribution in [0.4, 0.5) is 5.69 Å². The third kappa shape index (κ3) is 2.12. The zero-order chi connectivity index (χ0) is 14.3. The van der Waals surface area contributed by atoms with Crippen LogP contribution in [0.15, 0.2) is 12.1 Å². The van der Waals surface area contributed by atoms with E-state index in [9.17, 15) is 9.59 Å². The highest BCUT2D eigenvalue weighted by Gasteiger charge is 2.44. The summed E-state index contributed by atoms with van der Waals surface area (Å²) in [7, 11) is 1.37. The summed E-state index contributed by atoms with van der Waals surface area (Å²) < 4.78 is 5.64. The van der Waals surface area contributed by atoms with Crippen LogP contribution in [0.3, 0.4) is 0 Å². The molecule has 1 aliphatic carbocycles. The number of halogens is 1. The first-order chi connectivity index (χ1) is 9.55. The molecule has 0 atom stereocenters. The van der Waals surface area contributed by atoms with Crippen molar-refractivity contribution >= 4 is 40.2 Å². The second-order valence-electron chi connectivity index (χ2n) is 5.60. The number of rotatable bonds is 1. The number of anilines is 1. The first-order valence-electron chi connectivity index (χ1n) is 6.78. The Kier molecular flexibility index (Phi) is 3.48. The fraction of sp³-hybridized carbons (Fsp3) is 0.467. The third-order valence-electron chi connectivity index (χ3n) is 4.42. The van der Waals surface area contributed by atoms with Gasteiger partial charge in [0, 0.05) is 9.26 Å². The largest absolute Gasteiger partial charge is 0.465 e. The predicted molar refractivity (Wildman–Crippen MR) is 83.7 cm³/mol. The first kappa shape index (κ1) is 13.9. The van der Waals surface area contributed by atoms with E-state index in [4.69, 9.17) is 4.74 Å². The average Bonchev–Trinajstić information content (AvgIpc) is 2.89. The van der Waals surface area contributed by atoms with E-state index in [-0.39, 0.29) is 17.3 Å². The maximum Gasteiger partial charge on any atom is 0.339 e. The van der Waals surface area contributed by atoms with Gasteiger partial charge in [0.2, 0.25) is 5.91 Å². The average molecular weight is 385 g/mol. The fourth-order valence-corrected chi connectivity index (χ4v) is 4.05. The van der Waals surface area contributed by atoms with Crippen LogP contribution >= 0.6 is 22.6 Å². The van der Waals surface area contributed by atoms with Crippen molar-refractivity contribution in [3.05, 3.63) is 26.8 Å². The van der Waals surface area contributed by atoms with E-state index in [1.807, 2.05) is 6.07 Å². The van der Waals surface area contributed by atoms with Gasteiger partial charge in [0.15, 0.2) is 0 Å². The van der Waals surface area contributed by atoms with E-state index < -0.39 is 0 Å². The monoisotopic (exact) mass is 385 g/mol. The number of carbonyl (C=O) groups is 2. The number of benzene rings is 1. The van der Waals surface area contributed by atoms with Crippen molar-refractivity contribution in [1.82, 2.24) is 0 Å². The van der Waals surface area contributed by atoms with Gasteiger partial charge < -0.3 is 10.1 Å². The Balaban J connectivity index is 2.01. The van der Waals surface area contributed by atoms with Crippen LogP contribution in [-0.4, -0.2) is 19.0 Å². The molecule has 0 unspecified atom stereocenters. The Bertz CT molecular complexity index is 591. The van der Waals surface area contributed by atoms with Crippen molar-refractivity contribution in [1.29, 1.82) is 0 Å². The van der Waals surface area contributed by atoms with Crippen LogP contribution in [0.2, 0.25) is 0 Å². The molecule has 1 heterocycles. The van der Waals surface area contributed by atoms with Crippen molar-refractivity contribution in [2.45, 2.75) is 32.1 Å². The molecule has 3 rings (SSSR count). The number of ether oxygens (including phenoxy) is 1. The summed E-state index contributed by atoms with van der Waals surface area (Å²) in [6.07, 6.45) is 4.97. The van der Waals surface area contributed by atoms with Gasteiger partial charge in [0.05, 0.1) is 18.1 Å². The SMILES string of the molecule is COC(=O)c1cc2c(cc1I)CC1(CCCC1)C(=O)N2. The summed E-state index contributed by atoms with van der Waals surface area (Å²) in [5.74, 6) is -0.257. The van der Waals surface area contributed by atoms with Crippen LogP contribution in [0.1, 0.15) is 41.6 Å². The zero-order valence-corrected chi connectivity index (χ0v) is 13.5. The normalized spacial score (nSPS) is 19.6. The molecule has 1 aromatic carbocycles. The molecule has 0 bridgehead atoms. The minimum Gasteiger partial charge on any atom is -0.465 e. The maximum atomic E-state index is 12.4. The Morgan fingerprint density at radius 2 is 2.05 bits per heavy atom. The number of fused-ring (bicyclic) bond motifs is 1. The van der Waals surface area contributed by atoms with Gasteiger partial charge in [-0.25, -0.2) is 4.79 Å². The Hall–Kier alpha value is -1.11. The zero-order valence-electron chi connectivity index (χ0n) is 11.3. The van der Waals surface area contributed by atoms with Crippen LogP contribution in [0, 0.1) is 8.99 Å². The molecule has 1 fully saturated rings. The standard InChI is InChI=1S/C15H16INO3/c1-20-13(18)10-7-12-9(6-11(10)16)8-15(14(19)17-12)4-2-3-5-15/h6-7H,2-5,8H2,1H3,(H,17,19). The number of amides is 1. The second kappa shape index (κ2) is 5.02. The molecule has 5 heteroatoms. The molecule has 0 aromatic heterocycles. The predicted octanol–water partition coefficient (Wildman–Crippen LogP) is 3.13. The number of carbonyl (C=O) groups excluding carboxylic acids is 2. The summed E-state index contributed by atoms with van der Waals surface area (Å²) in [5.41, 5.74) is 2.18. The number of nitrogens with one attached hydrogen (secondary N) is 1. The molecule has 106 valence electrons. The molecule has 20 heavy (non-hydrogen) atoms. The van der Waals surface area contributed by atoms with Crippen LogP contribution < -0.4 is 5.32 Å². The van der Waals surface area contributed by atoms with E-state index >= 15 is 0 Å². The summed E-state index contributed by atoms with van der Waals surface area (Å²) in [6, 6.07) is 3.74. The Morgan fingerprint density at radius 3 is 2.70 bits per heavy atom. The van der Waals surface area contributed by atoms with Crippen LogP contribution in [-0.2, 0) is 16.0 Å². The molecule has 2 aliphatic rings. The van der Waals surface area contributed by atoms with Crippen molar-refractivity contribution in [3.63, 3.8) is 0 Å². The molecular weight excluding hydrogens is 369 g/mol. The van der Waals surface area contributed by atoms with Gasteiger partial charge >= 0.3 is 5.97 Å². The second-order valence-corrected chi connectivity index (χ2v) is 6.76. The summed E-state index contributed by atoms with van der Waals surface area (Å²) in [6.45, 7) is 0. The van der Waals surface area contributed by atoms with E-state index in [1.165, 1.54) is 7.11 Å². The van der Waals surface area contributed by atoms with Crippen molar-refractivity contribution in [3.8, 4) is 0 Å². The van der Waals surface area contributed by atoms with Gasteiger partial charge in [-0.15, -0.1) is 0 Å². The van der Waals surface area contributed by atoms with Crippen LogP contribution in [0.5, 0.6) is 0 Å². The quantitative estimate of drug-likeness (QED) is 0.597. The van der Waals surface area contributed by atoms with Gasteiger partial charge in [-0.3, -0.25) is 4.79 Å². The Morgan fingerprint density at radius 1 is 1.35 bits per heavy atom. The highest BCUT2D eigenvalue weighted by molar-refractivity contribution is 14.1. The van der Waals surface area contributed by atoms with E-state index in [2.05, 4.69) is 27.9 Å².